The molecule has 7 heteroatoms. The zero-order chi connectivity index (χ0) is 23.1. The number of fused-ring (bicyclic) bond motifs is 3. The number of ether oxygens (including phenoxy) is 1. The maximum atomic E-state index is 13.1. The van der Waals surface area contributed by atoms with Crippen molar-refractivity contribution in [2.45, 2.75) is 77.7 Å². The molecule has 3 rings (SSSR count). The van der Waals surface area contributed by atoms with E-state index in [1.807, 2.05) is 18.2 Å². The van der Waals surface area contributed by atoms with Crippen LogP contribution in [0, 0.1) is 0 Å². The van der Waals surface area contributed by atoms with Gasteiger partial charge in [-0.3, -0.25) is 4.79 Å². The minimum Gasteiger partial charge on any atom is -0.464 e. The van der Waals surface area contributed by atoms with Gasteiger partial charge < -0.3 is 19.0 Å². The standard InChI is InChI=1S/C24H36N2O4Si/c1-9-29-23(28)22-21-20(17-12-10-11-13-18(17)25-21)15(2)19(26(22)16(3)27)14-30-31(7,8)24(4,5)6/h10-13,15,19,22,25H,9,14H2,1-8H3/t15-,19-,22-/m1/s1. The van der Waals surface area contributed by atoms with Crippen LogP contribution in [-0.4, -0.2) is 49.3 Å². The molecule has 1 aromatic heterocycles. The van der Waals surface area contributed by atoms with E-state index < -0.39 is 20.3 Å². The van der Waals surface area contributed by atoms with Gasteiger partial charge in [-0.1, -0.05) is 45.9 Å². The lowest BCUT2D eigenvalue weighted by molar-refractivity contribution is -0.158. The van der Waals surface area contributed by atoms with Crippen molar-refractivity contribution in [3.63, 3.8) is 0 Å². The number of nitrogens with one attached hydrogen (secondary N) is 1. The number of hydrogen-bond acceptors (Lipinski definition) is 4. The number of para-hydroxylation sites is 1. The number of aromatic amines is 1. The molecule has 0 saturated heterocycles. The highest BCUT2D eigenvalue weighted by atomic mass is 28.4. The van der Waals surface area contributed by atoms with Crippen molar-refractivity contribution in [2.24, 2.45) is 0 Å². The maximum Gasteiger partial charge on any atom is 0.335 e. The van der Waals surface area contributed by atoms with Gasteiger partial charge in [0.05, 0.1) is 24.9 Å². The number of H-pyrrole nitrogens is 1. The van der Waals surface area contributed by atoms with Gasteiger partial charge in [0.25, 0.3) is 0 Å². The molecule has 2 heterocycles. The van der Waals surface area contributed by atoms with Gasteiger partial charge in [-0.15, -0.1) is 0 Å². The first kappa shape index (κ1) is 23.5. The summed E-state index contributed by atoms with van der Waals surface area (Å²) in [6.07, 6.45) is 0. The van der Waals surface area contributed by atoms with E-state index >= 15 is 0 Å². The van der Waals surface area contributed by atoms with Crippen LogP contribution in [0.2, 0.25) is 18.1 Å². The fraction of sp³-hybridized carbons (Fsp3) is 0.583. The molecule has 0 spiro atoms. The van der Waals surface area contributed by atoms with Crippen LogP contribution in [0.3, 0.4) is 0 Å². The summed E-state index contributed by atoms with van der Waals surface area (Å²) in [5, 5.41) is 1.14. The zero-order valence-corrected chi connectivity index (χ0v) is 21.0. The SMILES string of the molecule is CCOC(=O)[C@H]1c2[nH]c3ccccc3c2[C@H](C)[C@@H](CO[Si](C)(C)C(C)(C)C)N1C(C)=O. The van der Waals surface area contributed by atoms with Crippen molar-refractivity contribution in [2.75, 3.05) is 13.2 Å². The number of benzene rings is 1. The third kappa shape index (κ3) is 4.17. The quantitative estimate of drug-likeness (QED) is 0.513. The molecule has 2 aromatic rings. The van der Waals surface area contributed by atoms with Crippen LogP contribution in [-0.2, 0) is 18.8 Å². The molecule has 1 amide bonds. The van der Waals surface area contributed by atoms with Crippen LogP contribution < -0.4 is 0 Å². The second-order valence-corrected chi connectivity index (χ2v) is 14.8. The predicted octanol–water partition coefficient (Wildman–Crippen LogP) is 5.13. The van der Waals surface area contributed by atoms with Crippen LogP contribution >= 0.6 is 0 Å². The van der Waals surface area contributed by atoms with E-state index in [0.29, 0.717) is 6.61 Å². The number of carbonyl (C=O) groups excluding carboxylic acids is 2. The Morgan fingerprint density at radius 2 is 1.84 bits per heavy atom. The average molecular weight is 445 g/mol. The third-order valence-corrected chi connectivity index (χ3v) is 11.5. The molecule has 0 unspecified atom stereocenters. The van der Waals surface area contributed by atoms with Crippen molar-refractivity contribution in [3.8, 4) is 0 Å². The van der Waals surface area contributed by atoms with Crippen LogP contribution in [0.5, 0.6) is 0 Å². The summed E-state index contributed by atoms with van der Waals surface area (Å²) < 4.78 is 12.0. The topological polar surface area (TPSA) is 71.6 Å². The van der Waals surface area contributed by atoms with E-state index in [1.165, 1.54) is 6.92 Å². The maximum absolute atomic E-state index is 13.1. The van der Waals surface area contributed by atoms with E-state index in [9.17, 15) is 9.59 Å². The summed E-state index contributed by atoms with van der Waals surface area (Å²) in [6, 6.07) is 6.98. The predicted molar refractivity (Wildman–Crippen MR) is 126 cm³/mol. The Morgan fingerprint density at radius 3 is 2.42 bits per heavy atom. The second-order valence-electron chi connectivity index (χ2n) is 10.0. The Labute approximate surface area is 186 Å². The van der Waals surface area contributed by atoms with Crippen molar-refractivity contribution in [1.82, 2.24) is 9.88 Å². The van der Waals surface area contributed by atoms with Gasteiger partial charge in [0, 0.05) is 23.7 Å². The minimum atomic E-state index is -2.04. The summed E-state index contributed by atoms with van der Waals surface area (Å²) >= 11 is 0. The number of amides is 1. The molecule has 1 aliphatic rings. The zero-order valence-electron chi connectivity index (χ0n) is 20.0. The van der Waals surface area contributed by atoms with E-state index in [4.69, 9.17) is 9.16 Å². The smallest absolute Gasteiger partial charge is 0.335 e. The Hall–Kier alpha value is -2.12. The molecule has 1 aromatic carbocycles. The van der Waals surface area contributed by atoms with Gasteiger partial charge >= 0.3 is 5.97 Å². The number of carbonyl (C=O) groups is 2. The summed E-state index contributed by atoms with van der Waals surface area (Å²) in [4.78, 5) is 31.1. The number of aromatic nitrogens is 1. The van der Waals surface area contributed by atoms with Crippen molar-refractivity contribution in [3.05, 3.63) is 35.5 Å². The number of rotatable bonds is 5. The molecule has 0 fully saturated rings. The summed E-state index contributed by atoms with van der Waals surface area (Å²) in [6.45, 7) is 17.1. The molecule has 0 saturated carbocycles. The van der Waals surface area contributed by atoms with Crippen LogP contribution in [0.1, 0.15) is 64.8 Å². The summed E-state index contributed by atoms with van der Waals surface area (Å²) in [5.74, 6) is -0.557. The first-order chi connectivity index (χ1) is 14.4. The Morgan fingerprint density at radius 1 is 1.19 bits per heavy atom. The van der Waals surface area contributed by atoms with Gasteiger partial charge in [0.1, 0.15) is 0 Å². The minimum absolute atomic E-state index is 0.00509. The first-order valence-corrected chi connectivity index (χ1v) is 14.0. The van der Waals surface area contributed by atoms with Crippen LogP contribution in [0.4, 0.5) is 0 Å². The number of hydrogen-bond donors (Lipinski definition) is 1. The normalized spacial score (nSPS) is 21.8. The van der Waals surface area contributed by atoms with Gasteiger partial charge in [-0.05, 0) is 36.7 Å². The first-order valence-electron chi connectivity index (χ1n) is 11.1. The molecule has 1 N–H and O–H groups in total. The lowest BCUT2D eigenvalue weighted by Crippen LogP contribution is -2.54. The summed E-state index contributed by atoms with van der Waals surface area (Å²) in [5.41, 5.74) is 2.80. The number of nitrogens with zero attached hydrogens (tertiary/aromatic N) is 1. The van der Waals surface area contributed by atoms with Crippen molar-refractivity contribution >= 4 is 31.1 Å². The van der Waals surface area contributed by atoms with Gasteiger partial charge in [0.2, 0.25) is 5.91 Å². The van der Waals surface area contributed by atoms with E-state index in [0.717, 1.165) is 22.2 Å². The van der Waals surface area contributed by atoms with Crippen molar-refractivity contribution in [1.29, 1.82) is 0 Å². The highest BCUT2D eigenvalue weighted by Gasteiger charge is 2.47. The Bertz CT molecular complexity index is 976. The molecule has 0 bridgehead atoms. The monoisotopic (exact) mass is 444 g/mol. The average Bonchev–Trinajstić information content (AvgIpc) is 3.05. The fourth-order valence-electron chi connectivity index (χ4n) is 4.26. The van der Waals surface area contributed by atoms with E-state index in [2.05, 4.69) is 51.8 Å². The Kier molecular flexibility index (Phi) is 6.40. The lowest BCUT2D eigenvalue weighted by atomic mass is 9.83. The van der Waals surface area contributed by atoms with Gasteiger partial charge in [0.15, 0.2) is 14.4 Å². The van der Waals surface area contributed by atoms with Crippen LogP contribution in [0.25, 0.3) is 10.9 Å². The van der Waals surface area contributed by atoms with Gasteiger partial charge in [-0.2, -0.15) is 0 Å². The molecule has 170 valence electrons. The summed E-state index contributed by atoms with van der Waals surface area (Å²) in [7, 11) is -2.04. The highest BCUT2D eigenvalue weighted by Crippen LogP contribution is 2.45. The molecule has 0 aliphatic carbocycles. The highest BCUT2D eigenvalue weighted by molar-refractivity contribution is 6.74. The Balaban J connectivity index is 2.12. The van der Waals surface area contributed by atoms with Gasteiger partial charge in [-0.25, -0.2) is 4.79 Å². The molecule has 0 radical (unpaired) electrons. The second kappa shape index (κ2) is 8.43. The molecule has 31 heavy (non-hydrogen) atoms. The fourth-order valence-corrected chi connectivity index (χ4v) is 5.28. The van der Waals surface area contributed by atoms with Crippen molar-refractivity contribution < 1.29 is 18.8 Å². The molecule has 6 nitrogen and oxygen atoms in total. The largest absolute Gasteiger partial charge is 0.464 e. The van der Waals surface area contributed by atoms with Crippen LogP contribution in [0.15, 0.2) is 24.3 Å². The molecule has 1 aliphatic heterocycles. The lowest BCUT2D eigenvalue weighted by Gasteiger charge is -2.45. The van der Waals surface area contributed by atoms with E-state index in [-0.39, 0.29) is 29.5 Å². The third-order valence-electron chi connectivity index (χ3n) is 7.01. The molecular formula is C24H36N2O4Si. The number of esters is 1. The molecular weight excluding hydrogens is 408 g/mol. The molecule has 3 atom stereocenters. The van der Waals surface area contributed by atoms with E-state index in [1.54, 1.807) is 11.8 Å².